The molecule has 4 N–H and O–H groups in total. The minimum absolute atomic E-state index is 0.0623. The van der Waals surface area contributed by atoms with Crippen molar-refractivity contribution in [3.8, 4) is 0 Å². The van der Waals surface area contributed by atoms with Gasteiger partial charge in [0, 0.05) is 23.3 Å². The van der Waals surface area contributed by atoms with Crippen LogP contribution in [-0.2, 0) is 4.79 Å². The number of rotatable bonds is 4. The van der Waals surface area contributed by atoms with Gasteiger partial charge in [-0.1, -0.05) is 44.2 Å². The standard InChI is InChI=1S/C25H27N5O3/c1-14(2)15-6-5-7-17(10-15)27-23(31)22-12-16-11-21(16)30(22)25(33)28-19-13-29(24(26)32)20-9-4-3-8-18(19)20/h3-10,13-14,16,21-22H,11-12H2,1-2H3,(H2,26,32)(H,27,31)(H,28,33)/t16?,21-,22+/m1/s1. The molecule has 3 aromatic rings. The van der Waals surface area contributed by atoms with Crippen LogP contribution in [0.25, 0.3) is 10.9 Å². The molecule has 2 heterocycles. The number of hydrogen-bond donors (Lipinski definition) is 3. The third kappa shape index (κ3) is 3.82. The maximum absolute atomic E-state index is 13.3. The minimum Gasteiger partial charge on any atom is -0.351 e. The molecule has 2 aromatic carbocycles. The van der Waals surface area contributed by atoms with Crippen LogP contribution < -0.4 is 16.4 Å². The molecule has 5 rings (SSSR count). The van der Waals surface area contributed by atoms with Crippen LogP contribution in [0.3, 0.4) is 0 Å². The summed E-state index contributed by atoms with van der Waals surface area (Å²) in [5.41, 5.74) is 8.47. The Hall–Kier alpha value is -3.81. The van der Waals surface area contributed by atoms with Crippen LogP contribution >= 0.6 is 0 Å². The molecule has 0 spiro atoms. The number of fused-ring (bicyclic) bond motifs is 2. The highest BCUT2D eigenvalue weighted by Gasteiger charge is 2.56. The Morgan fingerprint density at radius 3 is 2.58 bits per heavy atom. The van der Waals surface area contributed by atoms with Crippen molar-refractivity contribution in [3.05, 3.63) is 60.3 Å². The zero-order valence-electron chi connectivity index (χ0n) is 18.6. The van der Waals surface area contributed by atoms with E-state index in [1.165, 1.54) is 10.8 Å². The average Bonchev–Trinajstić information content (AvgIpc) is 3.29. The van der Waals surface area contributed by atoms with E-state index in [9.17, 15) is 14.4 Å². The number of urea groups is 1. The molecule has 4 amide bonds. The lowest BCUT2D eigenvalue weighted by Gasteiger charge is -2.27. The van der Waals surface area contributed by atoms with E-state index in [1.807, 2.05) is 36.4 Å². The van der Waals surface area contributed by atoms with Crippen LogP contribution in [0.2, 0.25) is 0 Å². The number of hydrogen-bond acceptors (Lipinski definition) is 3. The van der Waals surface area contributed by atoms with E-state index in [1.54, 1.807) is 17.0 Å². The number of piperidine rings is 1. The SMILES string of the molecule is CC(C)c1cccc(NC(=O)[C@@H]2CC3C[C@H]3N2C(=O)Nc2cn(C(N)=O)c3ccccc23)c1. The van der Waals surface area contributed by atoms with Crippen LogP contribution in [0.4, 0.5) is 21.0 Å². The molecule has 3 atom stereocenters. The Labute approximate surface area is 191 Å². The Morgan fingerprint density at radius 1 is 1.03 bits per heavy atom. The van der Waals surface area contributed by atoms with Crippen molar-refractivity contribution in [1.29, 1.82) is 0 Å². The Balaban J connectivity index is 1.36. The van der Waals surface area contributed by atoms with Crippen LogP contribution in [-0.4, -0.2) is 39.5 Å². The van der Waals surface area contributed by atoms with Crippen molar-refractivity contribution < 1.29 is 14.4 Å². The second-order valence-corrected chi connectivity index (χ2v) is 9.19. The average molecular weight is 446 g/mol. The second-order valence-electron chi connectivity index (χ2n) is 9.19. The predicted molar refractivity (Wildman–Crippen MR) is 127 cm³/mol. The number of amides is 4. The van der Waals surface area contributed by atoms with Gasteiger partial charge in [0.05, 0.1) is 11.2 Å². The molecule has 1 saturated carbocycles. The van der Waals surface area contributed by atoms with Crippen molar-refractivity contribution in [3.63, 3.8) is 0 Å². The summed E-state index contributed by atoms with van der Waals surface area (Å²) < 4.78 is 1.31. The summed E-state index contributed by atoms with van der Waals surface area (Å²) in [4.78, 5) is 39.9. The molecule has 1 saturated heterocycles. The summed E-state index contributed by atoms with van der Waals surface area (Å²) in [7, 11) is 0. The first-order chi connectivity index (χ1) is 15.8. The smallest absolute Gasteiger partial charge is 0.323 e. The number of benzene rings is 2. The third-order valence-corrected chi connectivity index (χ3v) is 6.65. The zero-order valence-corrected chi connectivity index (χ0v) is 18.6. The van der Waals surface area contributed by atoms with Crippen LogP contribution in [0.1, 0.15) is 38.2 Å². The number of primary amides is 1. The van der Waals surface area contributed by atoms with Crippen molar-refractivity contribution in [2.75, 3.05) is 10.6 Å². The highest BCUT2D eigenvalue weighted by molar-refractivity contribution is 6.06. The normalized spacial score (nSPS) is 21.2. The van der Waals surface area contributed by atoms with Gasteiger partial charge < -0.3 is 21.3 Å². The maximum Gasteiger partial charge on any atom is 0.323 e. The lowest BCUT2D eigenvalue weighted by atomic mass is 10.0. The summed E-state index contributed by atoms with van der Waals surface area (Å²) in [5.74, 6) is 0.518. The highest BCUT2D eigenvalue weighted by atomic mass is 16.2. The van der Waals surface area contributed by atoms with E-state index in [0.29, 0.717) is 34.8 Å². The number of carbonyl (C=O) groups is 3. The van der Waals surface area contributed by atoms with E-state index < -0.39 is 12.1 Å². The second kappa shape index (κ2) is 7.95. The fourth-order valence-corrected chi connectivity index (χ4v) is 4.83. The van der Waals surface area contributed by atoms with Gasteiger partial charge in [0.15, 0.2) is 0 Å². The molecule has 2 aliphatic rings. The molecule has 1 aliphatic carbocycles. The predicted octanol–water partition coefficient (Wildman–Crippen LogP) is 4.32. The molecular formula is C25H27N5O3. The highest BCUT2D eigenvalue weighted by Crippen LogP contribution is 2.48. The zero-order chi connectivity index (χ0) is 23.3. The molecule has 33 heavy (non-hydrogen) atoms. The Kier molecular flexibility index (Phi) is 5.08. The van der Waals surface area contributed by atoms with E-state index in [0.717, 1.165) is 17.7 Å². The van der Waals surface area contributed by atoms with Crippen molar-refractivity contribution in [1.82, 2.24) is 9.47 Å². The third-order valence-electron chi connectivity index (χ3n) is 6.65. The van der Waals surface area contributed by atoms with Gasteiger partial charge in [-0.2, -0.15) is 0 Å². The number of nitrogens with zero attached hydrogens (tertiary/aromatic N) is 2. The van der Waals surface area contributed by atoms with Crippen molar-refractivity contribution in [2.24, 2.45) is 11.7 Å². The number of para-hydroxylation sites is 1. The summed E-state index contributed by atoms with van der Waals surface area (Å²) >= 11 is 0. The monoisotopic (exact) mass is 445 g/mol. The molecule has 8 heteroatoms. The number of aromatic nitrogens is 1. The molecular weight excluding hydrogens is 418 g/mol. The summed E-state index contributed by atoms with van der Waals surface area (Å²) in [6.07, 6.45) is 3.08. The van der Waals surface area contributed by atoms with Gasteiger partial charge in [-0.3, -0.25) is 9.36 Å². The molecule has 0 radical (unpaired) electrons. The van der Waals surface area contributed by atoms with Crippen LogP contribution in [0, 0.1) is 5.92 Å². The van der Waals surface area contributed by atoms with E-state index in [-0.39, 0.29) is 18.0 Å². The van der Waals surface area contributed by atoms with E-state index in [4.69, 9.17) is 5.73 Å². The lowest BCUT2D eigenvalue weighted by Crippen LogP contribution is -2.47. The quantitative estimate of drug-likeness (QED) is 0.556. The van der Waals surface area contributed by atoms with Crippen molar-refractivity contribution in [2.45, 2.75) is 44.7 Å². The number of anilines is 2. The fraction of sp³-hybridized carbons (Fsp3) is 0.320. The Morgan fingerprint density at radius 2 is 1.82 bits per heavy atom. The Bertz CT molecular complexity index is 1260. The van der Waals surface area contributed by atoms with Gasteiger partial charge in [-0.25, -0.2) is 9.59 Å². The molecule has 170 valence electrons. The first-order valence-corrected chi connectivity index (χ1v) is 11.2. The van der Waals surface area contributed by atoms with E-state index >= 15 is 0 Å². The van der Waals surface area contributed by atoms with Crippen LogP contribution in [0.15, 0.2) is 54.7 Å². The molecule has 8 nitrogen and oxygen atoms in total. The molecule has 2 fully saturated rings. The molecule has 1 aliphatic heterocycles. The summed E-state index contributed by atoms with van der Waals surface area (Å²) in [5, 5.41) is 6.61. The van der Waals surface area contributed by atoms with Gasteiger partial charge >= 0.3 is 12.1 Å². The fourth-order valence-electron chi connectivity index (χ4n) is 4.83. The minimum atomic E-state index is -0.629. The van der Waals surface area contributed by atoms with Crippen molar-refractivity contribution >= 4 is 40.2 Å². The molecule has 1 aromatic heterocycles. The first kappa shape index (κ1) is 21.1. The summed E-state index contributed by atoms with van der Waals surface area (Å²) in [6, 6.07) is 13.6. The lowest BCUT2D eigenvalue weighted by molar-refractivity contribution is -0.120. The largest absolute Gasteiger partial charge is 0.351 e. The summed E-state index contributed by atoms with van der Waals surface area (Å²) in [6.45, 7) is 4.21. The molecule has 0 bridgehead atoms. The topological polar surface area (TPSA) is 109 Å². The number of nitrogens with one attached hydrogen (secondary N) is 2. The van der Waals surface area contributed by atoms with Gasteiger partial charge in [-0.05, 0) is 48.4 Å². The number of likely N-dealkylation sites (tertiary alicyclic amines) is 1. The molecule has 1 unspecified atom stereocenters. The first-order valence-electron chi connectivity index (χ1n) is 11.2. The number of nitrogens with two attached hydrogens (primary N) is 1. The van der Waals surface area contributed by atoms with Crippen LogP contribution in [0.5, 0.6) is 0 Å². The van der Waals surface area contributed by atoms with E-state index in [2.05, 4.69) is 24.5 Å². The van der Waals surface area contributed by atoms with Gasteiger partial charge in [0.1, 0.15) is 6.04 Å². The maximum atomic E-state index is 13.3. The van der Waals surface area contributed by atoms with Gasteiger partial charge in [-0.15, -0.1) is 0 Å². The van der Waals surface area contributed by atoms with Gasteiger partial charge in [0.25, 0.3) is 0 Å². The van der Waals surface area contributed by atoms with Gasteiger partial charge in [0.2, 0.25) is 5.91 Å². The number of carbonyl (C=O) groups excluding carboxylic acids is 3.